The Morgan fingerprint density at radius 1 is 1.00 bits per heavy atom. The van der Waals surface area contributed by atoms with Gasteiger partial charge in [-0.1, -0.05) is 0 Å². The third-order valence-electron chi connectivity index (χ3n) is 4.15. The molecule has 2 N–H and O–H groups in total. The molecular formula is C20H24O11. The number of methoxy groups -OCH3 is 2. The Balaban J connectivity index is 2.17. The fourth-order valence-corrected chi connectivity index (χ4v) is 2.84. The van der Waals surface area contributed by atoms with Gasteiger partial charge >= 0.3 is 17.9 Å². The van der Waals surface area contributed by atoms with Crippen LogP contribution in [0.3, 0.4) is 0 Å². The van der Waals surface area contributed by atoms with Crippen molar-refractivity contribution in [2.75, 3.05) is 20.8 Å². The Bertz CT molecular complexity index is 823. The fourth-order valence-electron chi connectivity index (χ4n) is 2.84. The number of carbonyl (C=O) groups is 3. The van der Waals surface area contributed by atoms with Crippen molar-refractivity contribution in [3.8, 4) is 17.2 Å². The van der Waals surface area contributed by atoms with Crippen LogP contribution < -0.4 is 9.47 Å². The van der Waals surface area contributed by atoms with Crippen molar-refractivity contribution in [2.24, 2.45) is 0 Å². The molecule has 1 heterocycles. The molecule has 1 aliphatic heterocycles. The van der Waals surface area contributed by atoms with Gasteiger partial charge in [0.2, 0.25) is 18.1 Å². The van der Waals surface area contributed by atoms with Gasteiger partial charge < -0.3 is 38.6 Å². The van der Waals surface area contributed by atoms with Gasteiger partial charge in [-0.05, 0) is 23.8 Å². The maximum absolute atomic E-state index is 12.3. The number of rotatable bonds is 7. The van der Waals surface area contributed by atoms with Gasteiger partial charge in [0.05, 0.1) is 20.8 Å². The lowest BCUT2D eigenvalue weighted by Crippen LogP contribution is -2.57. The number of aromatic hydroxyl groups is 1. The SMILES string of the molecule is COc1cc(/C=C/C(=O)O[C@@H]2OC[C@@H](O)[C@H](OC(C)=O)[C@H]2OC(C)=O)cc(OC)c1O. The first-order valence-corrected chi connectivity index (χ1v) is 9.14. The van der Waals surface area contributed by atoms with Gasteiger partial charge in [-0.2, -0.15) is 0 Å². The van der Waals surface area contributed by atoms with Crippen molar-refractivity contribution >= 4 is 24.0 Å². The molecule has 170 valence electrons. The molecule has 11 nitrogen and oxygen atoms in total. The van der Waals surface area contributed by atoms with Crippen LogP contribution >= 0.6 is 0 Å². The molecule has 0 amide bonds. The maximum atomic E-state index is 12.3. The number of ether oxygens (including phenoxy) is 6. The Kier molecular flexibility index (Phi) is 8.22. The molecular weight excluding hydrogens is 416 g/mol. The molecule has 11 heteroatoms. The molecule has 1 aromatic rings. The van der Waals surface area contributed by atoms with Crippen molar-refractivity contribution in [1.82, 2.24) is 0 Å². The normalized spacial score (nSPS) is 23.1. The van der Waals surface area contributed by atoms with E-state index in [4.69, 9.17) is 28.4 Å². The number of hydrogen-bond acceptors (Lipinski definition) is 11. The van der Waals surface area contributed by atoms with Crippen molar-refractivity contribution in [1.29, 1.82) is 0 Å². The summed E-state index contributed by atoms with van der Waals surface area (Å²) in [5, 5.41) is 20.0. The second-order valence-corrected chi connectivity index (χ2v) is 6.46. The molecule has 0 saturated carbocycles. The largest absolute Gasteiger partial charge is 0.502 e. The number of hydrogen-bond donors (Lipinski definition) is 2. The highest BCUT2D eigenvalue weighted by molar-refractivity contribution is 5.87. The molecule has 1 aliphatic rings. The number of benzene rings is 1. The molecule has 0 bridgehead atoms. The van der Waals surface area contributed by atoms with Gasteiger partial charge in [-0.3, -0.25) is 9.59 Å². The van der Waals surface area contributed by atoms with Crippen LogP contribution in [0.15, 0.2) is 18.2 Å². The van der Waals surface area contributed by atoms with Crippen LogP contribution in [0.25, 0.3) is 6.08 Å². The van der Waals surface area contributed by atoms with Gasteiger partial charge in [0.1, 0.15) is 6.10 Å². The van der Waals surface area contributed by atoms with Gasteiger partial charge in [0.15, 0.2) is 17.6 Å². The van der Waals surface area contributed by atoms with Gasteiger partial charge in [-0.15, -0.1) is 0 Å². The van der Waals surface area contributed by atoms with E-state index in [-0.39, 0.29) is 23.9 Å². The Morgan fingerprint density at radius 3 is 2.06 bits per heavy atom. The molecule has 0 aromatic heterocycles. The molecule has 0 spiro atoms. The minimum absolute atomic E-state index is 0.135. The number of phenolic OH excluding ortho intramolecular Hbond substituents is 1. The van der Waals surface area contributed by atoms with Crippen LogP contribution in [0.1, 0.15) is 19.4 Å². The minimum Gasteiger partial charge on any atom is -0.502 e. The summed E-state index contributed by atoms with van der Waals surface area (Å²) >= 11 is 0. The van der Waals surface area contributed by atoms with Crippen LogP contribution in [-0.4, -0.2) is 73.5 Å². The second-order valence-electron chi connectivity index (χ2n) is 6.46. The Hall–Kier alpha value is -3.31. The summed E-state index contributed by atoms with van der Waals surface area (Å²) in [6.45, 7) is 1.91. The number of esters is 3. The number of aliphatic hydroxyl groups excluding tert-OH is 1. The zero-order valence-corrected chi connectivity index (χ0v) is 17.4. The molecule has 1 fully saturated rings. The van der Waals surface area contributed by atoms with E-state index in [1.807, 2.05) is 0 Å². The third-order valence-corrected chi connectivity index (χ3v) is 4.15. The lowest BCUT2D eigenvalue weighted by atomic mass is 10.0. The van der Waals surface area contributed by atoms with Crippen LogP contribution in [0.5, 0.6) is 17.2 Å². The highest BCUT2D eigenvalue weighted by Gasteiger charge is 2.46. The molecule has 2 rings (SSSR count). The van der Waals surface area contributed by atoms with E-state index in [0.29, 0.717) is 5.56 Å². The highest BCUT2D eigenvalue weighted by atomic mass is 16.7. The molecule has 0 unspecified atom stereocenters. The lowest BCUT2D eigenvalue weighted by Gasteiger charge is -2.38. The zero-order valence-electron chi connectivity index (χ0n) is 17.4. The summed E-state index contributed by atoms with van der Waals surface area (Å²) in [7, 11) is 2.72. The van der Waals surface area contributed by atoms with E-state index in [9.17, 15) is 24.6 Å². The standard InChI is InChI=1S/C20H24O11/c1-10(21)29-18-13(23)9-28-20(19(18)30-11(2)22)31-16(24)6-5-12-7-14(26-3)17(25)15(8-12)27-4/h5-8,13,18-20,23,25H,9H2,1-4H3/b6-5+/t13-,18+,19-,20+/m1/s1. The van der Waals surface area contributed by atoms with Crippen molar-refractivity contribution < 1.29 is 53.0 Å². The lowest BCUT2D eigenvalue weighted by molar-refractivity contribution is -0.270. The average Bonchev–Trinajstić information content (AvgIpc) is 2.71. The van der Waals surface area contributed by atoms with Crippen LogP contribution in [0.2, 0.25) is 0 Å². The van der Waals surface area contributed by atoms with Crippen molar-refractivity contribution in [3.63, 3.8) is 0 Å². The van der Waals surface area contributed by atoms with Crippen molar-refractivity contribution in [3.05, 3.63) is 23.8 Å². The molecule has 0 radical (unpaired) electrons. The predicted octanol–water partition coefficient (Wildman–Crippen LogP) is 0.546. The summed E-state index contributed by atoms with van der Waals surface area (Å²) < 4.78 is 30.6. The van der Waals surface area contributed by atoms with E-state index in [2.05, 4.69) is 0 Å². The summed E-state index contributed by atoms with van der Waals surface area (Å²) in [5.41, 5.74) is 0.456. The van der Waals surface area contributed by atoms with Gasteiger partial charge in [-0.25, -0.2) is 4.79 Å². The van der Waals surface area contributed by atoms with Gasteiger partial charge in [0.25, 0.3) is 0 Å². The molecule has 31 heavy (non-hydrogen) atoms. The fraction of sp³-hybridized carbons (Fsp3) is 0.450. The minimum atomic E-state index is -1.42. The van der Waals surface area contributed by atoms with Crippen LogP contribution in [0, 0.1) is 0 Å². The maximum Gasteiger partial charge on any atom is 0.333 e. The summed E-state index contributed by atoms with van der Waals surface area (Å²) in [4.78, 5) is 35.1. The van der Waals surface area contributed by atoms with E-state index in [1.165, 1.54) is 32.4 Å². The van der Waals surface area contributed by atoms with E-state index >= 15 is 0 Å². The Labute approximate surface area is 178 Å². The summed E-state index contributed by atoms with van der Waals surface area (Å²) in [6, 6.07) is 2.93. The number of phenols is 1. The van der Waals surface area contributed by atoms with Crippen LogP contribution in [0.4, 0.5) is 0 Å². The van der Waals surface area contributed by atoms with E-state index in [1.54, 1.807) is 0 Å². The quantitative estimate of drug-likeness (QED) is 0.348. The summed E-state index contributed by atoms with van der Waals surface area (Å²) in [6.07, 6.45) is -2.91. The van der Waals surface area contributed by atoms with Crippen molar-refractivity contribution in [2.45, 2.75) is 38.4 Å². The molecule has 1 aromatic carbocycles. The zero-order chi connectivity index (χ0) is 23.1. The first-order chi connectivity index (χ1) is 14.7. The topological polar surface area (TPSA) is 147 Å². The van der Waals surface area contributed by atoms with Crippen LogP contribution in [-0.2, 0) is 33.3 Å². The predicted molar refractivity (Wildman–Crippen MR) is 103 cm³/mol. The highest BCUT2D eigenvalue weighted by Crippen LogP contribution is 2.37. The third kappa shape index (κ3) is 6.33. The molecule has 0 aliphatic carbocycles. The first-order valence-electron chi connectivity index (χ1n) is 9.14. The smallest absolute Gasteiger partial charge is 0.333 e. The second kappa shape index (κ2) is 10.6. The molecule has 1 saturated heterocycles. The summed E-state index contributed by atoms with van der Waals surface area (Å²) in [5.74, 6) is -2.26. The average molecular weight is 440 g/mol. The number of aliphatic hydroxyl groups is 1. The monoisotopic (exact) mass is 440 g/mol. The first kappa shape index (κ1) is 24.0. The van der Waals surface area contributed by atoms with E-state index < -0.39 is 42.5 Å². The molecule has 4 atom stereocenters. The van der Waals surface area contributed by atoms with Gasteiger partial charge in [0, 0.05) is 19.9 Å². The van der Waals surface area contributed by atoms with E-state index in [0.717, 1.165) is 19.9 Å². The number of carbonyl (C=O) groups excluding carboxylic acids is 3. The Morgan fingerprint density at radius 2 is 1.55 bits per heavy atom.